The lowest BCUT2D eigenvalue weighted by Gasteiger charge is -2.09. The van der Waals surface area contributed by atoms with E-state index < -0.39 is 7.12 Å². The van der Waals surface area contributed by atoms with Crippen molar-refractivity contribution in [3.05, 3.63) is 24.3 Å². The van der Waals surface area contributed by atoms with Gasteiger partial charge in [-0.3, -0.25) is 0 Å². The average Bonchev–Trinajstić information content (AvgIpc) is 2.04. The van der Waals surface area contributed by atoms with E-state index in [0.717, 1.165) is 5.75 Å². The third kappa shape index (κ3) is 3.78. The van der Waals surface area contributed by atoms with Gasteiger partial charge in [-0.2, -0.15) is 0 Å². The van der Waals surface area contributed by atoms with Gasteiger partial charge < -0.3 is 20.3 Å². The highest BCUT2D eigenvalue weighted by Gasteiger charge is 2.09. The average molecular weight is 198 g/mol. The van der Waals surface area contributed by atoms with Gasteiger partial charge in [-0.05, 0) is 31.4 Å². The topological polar surface area (TPSA) is 81.2 Å². The molecule has 0 aliphatic carbocycles. The number of benzene rings is 1. The van der Waals surface area contributed by atoms with Crippen LogP contribution < -0.4 is 10.2 Å². The van der Waals surface area contributed by atoms with Gasteiger partial charge in [0.05, 0.1) is 6.10 Å². The van der Waals surface area contributed by atoms with Gasteiger partial charge in [0.1, 0.15) is 5.75 Å². The molecule has 0 aliphatic heterocycles. The van der Waals surface area contributed by atoms with Crippen LogP contribution in [0.25, 0.3) is 0 Å². The molecule has 0 fully saturated rings. The Labute approximate surface area is 83.6 Å². The lowest BCUT2D eigenvalue weighted by molar-refractivity contribution is 0.242. The third-order valence-corrected chi connectivity index (χ3v) is 1.55. The zero-order valence-corrected chi connectivity index (χ0v) is 8.27. The summed E-state index contributed by atoms with van der Waals surface area (Å²) in [5, 5.41) is 17.6. The molecule has 0 atom stereocenters. The molecule has 0 bridgehead atoms. The molecule has 1 aromatic rings. The smallest absolute Gasteiger partial charge is 0.488 e. The Bertz CT molecular complexity index is 258. The maximum atomic E-state index is 8.81. The van der Waals surface area contributed by atoms with E-state index in [9.17, 15) is 0 Å². The first-order valence-corrected chi connectivity index (χ1v) is 4.22. The lowest BCUT2D eigenvalue weighted by Crippen LogP contribution is -2.29. The molecule has 0 unspecified atom stereocenters. The fraction of sp³-hybridized carbons (Fsp3) is 0.333. The molecule has 0 saturated carbocycles. The molecule has 14 heavy (non-hydrogen) atoms. The summed E-state index contributed by atoms with van der Waals surface area (Å²) in [6.07, 6.45) is 0.130. The van der Waals surface area contributed by atoms with Crippen molar-refractivity contribution < 1.29 is 20.3 Å². The minimum Gasteiger partial charge on any atom is -0.491 e. The first-order chi connectivity index (χ1) is 6.09. The molecule has 0 aliphatic rings. The zero-order valence-electron chi connectivity index (χ0n) is 8.27. The predicted octanol–water partition coefficient (Wildman–Crippen LogP) is -0.671. The summed E-state index contributed by atoms with van der Waals surface area (Å²) in [6, 6.07) is 6.69. The molecule has 0 heterocycles. The molecule has 0 radical (unpaired) electrons. The van der Waals surface area contributed by atoms with Gasteiger partial charge in [0.25, 0.3) is 0 Å². The summed E-state index contributed by atoms with van der Waals surface area (Å²) in [4.78, 5) is 0. The van der Waals surface area contributed by atoms with Crippen molar-refractivity contribution in [1.29, 1.82) is 0 Å². The highest BCUT2D eigenvalue weighted by Crippen LogP contribution is 2.09. The van der Waals surface area contributed by atoms with Gasteiger partial charge in [0.15, 0.2) is 0 Å². The maximum absolute atomic E-state index is 8.81. The van der Waals surface area contributed by atoms with Crippen molar-refractivity contribution in [1.82, 2.24) is 0 Å². The van der Waals surface area contributed by atoms with Gasteiger partial charge in [-0.15, -0.1) is 0 Å². The first-order valence-electron chi connectivity index (χ1n) is 4.22. The summed E-state index contributed by atoms with van der Waals surface area (Å²) in [5.41, 5.74) is 0.469. The van der Waals surface area contributed by atoms with E-state index in [-0.39, 0.29) is 11.6 Å². The largest absolute Gasteiger partial charge is 0.491 e. The van der Waals surface area contributed by atoms with Gasteiger partial charge in [-0.1, -0.05) is 12.1 Å². The summed E-state index contributed by atoms with van der Waals surface area (Å²) in [6.45, 7) is 3.88. The SMILES string of the molecule is CC(C)Oc1ccc(B(O)O)cc1.O. The highest BCUT2D eigenvalue weighted by molar-refractivity contribution is 6.58. The Morgan fingerprint density at radius 2 is 1.64 bits per heavy atom. The molecule has 78 valence electrons. The maximum Gasteiger partial charge on any atom is 0.488 e. The van der Waals surface area contributed by atoms with Gasteiger partial charge >= 0.3 is 7.12 Å². The van der Waals surface area contributed by atoms with Crippen LogP contribution in [-0.4, -0.2) is 28.7 Å². The minimum atomic E-state index is -1.41. The van der Waals surface area contributed by atoms with Crippen molar-refractivity contribution in [2.75, 3.05) is 0 Å². The molecule has 1 aromatic carbocycles. The van der Waals surface area contributed by atoms with Crippen molar-refractivity contribution in [3.63, 3.8) is 0 Å². The molecule has 4 N–H and O–H groups in total. The number of hydrogen-bond acceptors (Lipinski definition) is 3. The van der Waals surface area contributed by atoms with Crippen LogP contribution >= 0.6 is 0 Å². The van der Waals surface area contributed by atoms with Crippen LogP contribution in [-0.2, 0) is 0 Å². The van der Waals surface area contributed by atoms with Gasteiger partial charge in [0.2, 0.25) is 0 Å². The van der Waals surface area contributed by atoms with Crippen LogP contribution in [0.4, 0.5) is 0 Å². The molecule has 0 amide bonds. The summed E-state index contributed by atoms with van der Waals surface area (Å²) in [5.74, 6) is 0.736. The van der Waals surface area contributed by atoms with E-state index in [1.165, 1.54) is 0 Å². The van der Waals surface area contributed by atoms with Crippen molar-refractivity contribution in [2.24, 2.45) is 0 Å². The quantitative estimate of drug-likeness (QED) is 0.632. The van der Waals surface area contributed by atoms with Crippen LogP contribution in [0.3, 0.4) is 0 Å². The minimum absolute atomic E-state index is 0. The first kappa shape index (κ1) is 13.0. The Morgan fingerprint density at radius 3 is 2.00 bits per heavy atom. The van der Waals surface area contributed by atoms with Crippen molar-refractivity contribution in [3.8, 4) is 5.75 Å². The van der Waals surface area contributed by atoms with Crippen LogP contribution in [0.15, 0.2) is 24.3 Å². The number of rotatable bonds is 3. The monoisotopic (exact) mass is 198 g/mol. The molecule has 0 saturated heterocycles. The molecule has 5 heteroatoms. The van der Waals surface area contributed by atoms with Crippen LogP contribution in [0.2, 0.25) is 0 Å². The van der Waals surface area contributed by atoms with Gasteiger partial charge in [0, 0.05) is 0 Å². The third-order valence-electron chi connectivity index (χ3n) is 1.55. The Morgan fingerprint density at radius 1 is 1.14 bits per heavy atom. The molecular formula is C9H15BO4. The predicted molar refractivity (Wildman–Crippen MR) is 55.6 cm³/mol. The second-order valence-corrected chi connectivity index (χ2v) is 3.11. The highest BCUT2D eigenvalue weighted by atomic mass is 16.5. The van der Waals surface area contributed by atoms with Crippen molar-refractivity contribution in [2.45, 2.75) is 20.0 Å². The van der Waals surface area contributed by atoms with E-state index >= 15 is 0 Å². The summed E-state index contributed by atoms with van der Waals surface area (Å²) in [7, 11) is -1.41. The second-order valence-electron chi connectivity index (χ2n) is 3.11. The van der Waals surface area contributed by atoms with Crippen LogP contribution in [0.1, 0.15) is 13.8 Å². The molecule has 0 aromatic heterocycles. The van der Waals surface area contributed by atoms with Crippen LogP contribution in [0, 0.1) is 0 Å². The van der Waals surface area contributed by atoms with Crippen LogP contribution in [0.5, 0.6) is 5.75 Å². The fourth-order valence-electron chi connectivity index (χ4n) is 0.991. The van der Waals surface area contributed by atoms with Gasteiger partial charge in [-0.25, -0.2) is 0 Å². The standard InChI is InChI=1S/C9H13BO3.H2O/c1-7(2)13-9-5-3-8(4-6-9)10(11)12;/h3-7,11-12H,1-2H3;1H2. The lowest BCUT2D eigenvalue weighted by atomic mass is 9.80. The second kappa shape index (κ2) is 5.64. The fourth-order valence-corrected chi connectivity index (χ4v) is 0.991. The Kier molecular flexibility index (Phi) is 5.23. The molecule has 0 spiro atoms. The Hall–Kier alpha value is -1.04. The molecular weight excluding hydrogens is 183 g/mol. The molecule has 4 nitrogen and oxygen atoms in total. The van der Waals surface area contributed by atoms with E-state index in [4.69, 9.17) is 14.8 Å². The summed E-state index contributed by atoms with van der Waals surface area (Å²) >= 11 is 0. The van der Waals surface area contributed by atoms with E-state index in [1.54, 1.807) is 24.3 Å². The van der Waals surface area contributed by atoms with E-state index in [0.29, 0.717) is 5.46 Å². The Balaban J connectivity index is 0.00000169. The number of hydrogen-bond donors (Lipinski definition) is 2. The zero-order chi connectivity index (χ0) is 9.84. The van der Waals surface area contributed by atoms with Crippen molar-refractivity contribution >= 4 is 12.6 Å². The normalized spacial score (nSPS) is 9.50. The summed E-state index contributed by atoms with van der Waals surface area (Å²) < 4.78 is 5.39. The number of ether oxygens (including phenoxy) is 1. The molecule has 1 rings (SSSR count). The van der Waals surface area contributed by atoms with E-state index in [2.05, 4.69) is 0 Å². The van der Waals surface area contributed by atoms with E-state index in [1.807, 2.05) is 13.8 Å².